The molecule has 1 saturated heterocycles. The summed E-state index contributed by atoms with van der Waals surface area (Å²) in [4.78, 5) is 2.44. The van der Waals surface area contributed by atoms with Gasteiger partial charge in [0.05, 0.1) is 0 Å². The van der Waals surface area contributed by atoms with Crippen molar-refractivity contribution in [3.8, 4) is 5.75 Å². The Morgan fingerprint density at radius 2 is 2.06 bits per heavy atom. The molecule has 3 nitrogen and oxygen atoms in total. The number of nitrogens with zero attached hydrogens (tertiary/aromatic N) is 1. The summed E-state index contributed by atoms with van der Waals surface area (Å²) in [5.74, 6) is 0.353. The van der Waals surface area contributed by atoms with E-state index in [1.807, 2.05) is 12.1 Å². The Morgan fingerprint density at radius 1 is 1.35 bits per heavy atom. The van der Waals surface area contributed by atoms with Crippen LogP contribution in [0.1, 0.15) is 25.3 Å². The highest BCUT2D eigenvalue weighted by atomic mass is 16.3. The van der Waals surface area contributed by atoms with E-state index in [-0.39, 0.29) is 0 Å². The number of aromatic hydroxyl groups is 1. The lowest BCUT2D eigenvalue weighted by Crippen LogP contribution is -2.41. The molecular formula is C14H22N2O. The minimum Gasteiger partial charge on any atom is -0.508 e. The zero-order chi connectivity index (χ0) is 12.3. The second-order valence-electron chi connectivity index (χ2n) is 5.46. The molecule has 0 amide bonds. The maximum Gasteiger partial charge on any atom is 0.115 e. The van der Waals surface area contributed by atoms with Gasteiger partial charge in [0.25, 0.3) is 0 Å². The smallest absolute Gasteiger partial charge is 0.115 e. The van der Waals surface area contributed by atoms with Crippen LogP contribution in [0.15, 0.2) is 24.3 Å². The highest BCUT2D eigenvalue weighted by Gasteiger charge is 2.28. The van der Waals surface area contributed by atoms with E-state index in [1.54, 1.807) is 6.07 Å². The highest BCUT2D eigenvalue weighted by molar-refractivity contribution is 5.27. The number of nitrogens with two attached hydrogens (primary N) is 1. The van der Waals surface area contributed by atoms with Gasteiger partial charge in [0, 0.05) is 6.54 Å². The van der Waals surface area contributed by atoms with Crippen LogP contribution in [-0.2, 0) is 6.54 Å². The molecule has 0 aromatic heterocycles. The number of likely N-dealkylation sites (tertiary alicyclic amines) is 1. The molecule has 0 aliphatic carbocycles. The van der Waals surface area contributed by atoms with Gasteiger partial charge in [0.1, 0.15) is 5.75 Å². The Morgan fingerprint density at radius 3 is 2.65 bits per heavy atom. The molecule has 0 radical (unpaired) electrons. The molecule has 0 saturated carbocycles. The van der Waals surface area contributed by atoms with Crippen LogP contribution < -0.4 is 5.73 Å². The van der Waals surface area contributed by atoms with Crippen molar-refractivity contribution in [3.05, 3.63) is 29.8 Å². The van der Waals surface area contributed by atoms with E-state index >= 15 is 0 Å². The summed E-state index contributed by atoms with van der Waals surface area (Å²) in [7, 11) is 0. The standard InChI is InChI=1S/C14H22N2O/c1-14(11-15)5-7-16(8-6-14)10-12-3-2-4-13(17)9-12/h2-4,9,17H,5-8,10-11,15H2,1H3. The van der Waals surface area contributed by atoms with E-state index in [1.165, 1.54) is 18.4 Å². The minimum atomic E-state index is 0.329. The van der Waals surface area contributed by atoms with Crippen LogP contribution in [0.2, 0.25) is 0 Å². The zero-order valence-electron chi connectivity index (χ0n) is 10.5. The van der Waals surface area contributed by atoms with Gasteiger partial charge in [-0.25, -0.2) is 0 Å². The van der Waals surface area contributed by atoms with Crippen LogP contribution in [-0.4, -0.2) is 29.6 Å². The Labute approximate surface area is 103 Å². The average molecular weight is 234 g/mol. The molecular weight excluding hydrogens is 212 g/mol. The van der Waals surface area contributed by atoms with Crippen molar-refractivity contribution in [3.63, 3.8) is 0 Å². The number of phenolic OH excluding ortho intramolecular Hbond substituents is 1. The van der Waals surface area contributed by atoms with Crippen molar-refractivity contribution in [2.75, 3.05) is 19.6 Å². The molecule has 17 heavy (non-hydrogen) atoms. The Kier molecular flexibility index (Phi) is 3.69. The lowest BCUT2D eigenvalue weighted by molar-refractivity contribution is 0.119. The fourth-order valence-electron chi connectivity index (χ4n) is 2.37. The number of rotatable bonds is 3. The quantitative estimate of drug-likeness (QED) is 0.840. The van der Waals surface area contributed by atoms with Crippen LogP contribution in [0.4, 0.5) is 0 Å². The first-order chi connectivity index (χ1) is 8.11. The lowest BCUT2D eigenvalue weighted by Gasteiger charge is -2.38. The second kappa shape index (κ2) is 5.07. The van der Waals surface area contributed by atoms with Gasteiger partial charge in [0.2, 0.25) is 0 Å². The second-order valence-corrected chi connectivity index (χ2v) is 5.46. The number of benzene rings is 1. The van der Waals surface area contributed by atoms with Gasteiger partial charge >= 0.3 is 0 Å². The largest absolute Gasteiger partial charge is 0.508 e. The normalized spacial score (nSPS) is 20.4. The fraction of sp³-hybridized carbons (Fsp3) is 0.571. The van der Waals surface area contributed by atoms with E-state index < -0.39 is 0 Å². The van der Waals surface area contributed by atoms with Gasteiger partial charge in [-0.1, -0.05) is 19.1 Å². The summed E-state index contributed by atoms with van der Waals surface area (Å²) < 4.78 is 0. The summed E-state index contributed by atoms with van der Waals surface area (Å²) >= 11 is 0. The molecule has 1 aliphatic heterocycles. The molecule has 3 heteroatoms. The SMILES string of the molecule is CC1(CN)CCN(Cc2cccc(O)c2)CC1. The van der Waals surface area contributed by atoms with E-state index in [0.717, 1.165) is 26.2 Å². The van der Waals surface area contributed by atoms with Gasteiger partial charge in [0.15, 0.2) is 0 Å². The van der Waals surface area contributed by atoms with Crippen molar-refractivity contribution in [1.82, 2.24) is 4.90 Å². The Balaban J connectivity index is 1.90. The van der Waals surface area contributed by atoms with Crippen molar-refractivity contribution < 1.29 is 5.11 Å². The van der Waals surface area contributed by atoms with E-state index in [2.05, 4.69) is 17.9 Å². The predicted molar refractivity (Wildman–Crippen MR) is 69.8 cm³/mol. The molecule has 1 heterocycles. The molecule has 1 aliphatic rings. The molecule has 2 rings (SSSR count). The van der Waals surface area contributed by atoms with Gasteiger partial charge in [-0.15, -0.1) is 0 Å². The van der Waals surface area contributed by atoms with Gasteiger partial charge < -0.3 is 10.8 Å². The Bertz CT molecular complexity index is 370. The first kappa shape index (κ1) is 12.4. The number of hydrogen-bond acceptors (Lipinski definition) is 3. The average Bonchev–Trinajstić information content (AvgIpc) is 2.33. The third-order valence-corrected chi connectivity index (χ3v) is 3.87. The number of phenols is 1. The van der Waals surface area contributed by atoms with E-state index in [0.29, 0.717) is 11.2 Å². The highest BCUT2D eigenvalue weighted by Crippen LogP contribution is 2.30. The molecule has 1 aromatic rings. The zero-order valence-corrected chi connectivity index (χ0v) is 10.5. The molecule has 1 fully saturated rings. The third kappa shape index (κ3) is 3.20. The van der Waals surface area contributed by atoms with Crippen LogP contribution in [0, 0.1) is 5.41 Å². The van der Waals surface area contributed by atoms with Crippen LogP contribution in [0.25, 0.3) is 0 Å². The van der Waals surface area contributed by atoms with Crippen LogP contribution in [0.3, 0.4) is 0 Å². The van der Waals surface area contributed by atoms with Crippen LogP contribution in [0.5, 0.6) is 5.75 Å². The van der Waals surface area contributed by atoms with Crippen molar-refractivity contribution in [2.24, 2.45) is 11.1 Å². The van der Waals surface area contributed by atoms with Crippen LogP contribution >= 0.6 is 0 Å². The molecule has 0 unspecified atom stereocenters. The fourth-order valence-corrected chi connectivity index (χ4v) is 2.37. The molecule has 0 bridgehead atoms. The topological polar surface area (TPSA) is 49.5 Å². The summed E-state index contributed by atoms with van der Waals surface area (Å²) in [6, 6.07) is 7.52. The summed E-state index contributed by atoms with van der Waals surface area (Å²) in [5.41, 5.74) is 7.31. The number of hydrogen-bond donors (Lipinski definition) is 2. The summed E-state index contributed by atoms with van der Waals surface area (Å²) in [6.07, 6.45) is 2.34. The van der Waals surface area contributed by atoms with Crippen molar-refractivity contribution in [2.45, 2.75) is 26.3 Å². The van der Waals surface area contributed by atoms with E-state index in [4.69, 9.17) is 5.73 Å². The summed E-state index contributed by atoms with van der Waals surface area (Å²) in [5, 5.41) is 9.43. The predicted octanol–water partition coefficient (Wildman–Crippen LogP) is 1.95. The molecule has 0 spiro atoms. The molecule has 0 atom stereocenters. The first-order valence-electron chi connectivity index (χ1n) is 6.32. The molecule has 1 aromatic carbocycles. The van der Waals surface area contributed by atoms with Gasteiger partial charge in [-0.2, -0.15) is 0 Å². The third-order valence-electron chi connectivity index (χ3n) is 3.87. The van der Waals surface area contributed by atoms with Gasteiger partial charge in [-0.05, 0) is 55.6 Å². The number of piperidine rings is 1. The van der Waals surface area contributed by atoms with Crippen molar-refractivity contribution >= 4 is 0 Å². The molecule has 94 valence electrons. The maximum atomic E-state index is 9.43. The lowest BCUT2D eigenvalue weighted by atomic mass is 9.80. The van der Waals surface area contributed by atoms with E-state index in [9.17, 15) is 5.11 Å². The summed E-state index contributed by atoms with van der Waals surface area (Å²) in [6.45, 7) is 6.19. The minimum absolute atomic E-state index is 0.329. The Hall–Kier alpha value is -1.06. The monoisotopic (exact) mass is 234 g/mol. The molecule has 3 N–H and O–H groups in total. The maximum absolute atomic E-state index is 9.43. The first-order valence-corrected chi connectivity index (χ1v) is 6.32. The van der Waals surface area contributed by atoms with Gasteiger partial charge in [-0.3, -0.25) is 4.90 Å². The van der Waals surface area contributed by atoms with Crippen molar-refractivity contribution in [1.29, 1.82) is 0 Å².